The van der Waals surface area contributed by atoms with Crippen LogP contribution < -0.4 is 5.32 Å². The quantitative estimate of drug-likeness (QED) is 0.206. The van der Waals surface area contributed by atoms with E-state index in [1.807, 2.05) is 0 Å². The molecule has 1 aromatic carbocycles. The molecule has 0 aliphatic heterocycles. The predicted molar refractivity (Wildman–Crippen MR) is 216 cm³/mol. The van der Waals surface area contributed by atoms with Crippen LogP contribution in [-0.2, 0) is 19.1 Å². The number of aliphatic carboxylic acids is 1. The summed E-state index contributed by atoms with van der Waals surface area (Å²) in [4.78, 5) is 41.3. The lowest BCUT2D eigenvalue weighted by molar-refractivity contribution is -0.233. The Hall–Kier alpha value is -2.51. The number of carboxylic acid groups (broad SMARTS) is 1. The summed E-state index contributed by atoms with van der Waals surface area (Å²) >= 11 is 0. The summed E-state index contributed by atoms with van der Waals surface area (Å²) in [5, 5.41) is 13.6. The van der Waals surface area contributed by atoms with Crippen molar-refractivity contribution < 1.29 is 24.2 Å². The van der Waals surface area contributed by atoms with Crippen LogP contribution in [0.25, 0.3) is 0 Å². The molecule has 0 bridgehead atoms. The smallest absolute Gasteiger partial charge is 0.309 e. The van der Waals surface area contributed by atoms with Crippen molar-refractivity contribution in [3.05, 3.63) is 47.0 Å². The van der Waals surface area contributed by atoms with E-state index in [4.69, 9.17) is 4.74 Å². The maximum absolute atomic E-state index is 14.2. The summed E-state index contributed by atoms with van der Waals surface area (Å²) < 4.78 is 6.20. The first kappa shape index (κ1) is 41.1. The number of fused-ring (bicyclic) bond motifs is 7. The van der Waals surface area contributed by atoms with Gasteiger partial charge in [0, 0.05) is 29.8 Å². The first-order valence-electron chi connectivity index (χ1n) is 21.3. The first-order valence-corrected chi connectivity index (χ1v) is 21.3. The highest BCUT2D eigenvalue weighted by Crippen LogP contribution is 2.77. The SMILES string of the molecule is CC(C)C1=C2[C@H]3CC[C@@H]4[C@@]5(C)CC[C@H](OC(=O)CC(C)(C)C(=O)O)C(C)(C)[C@@H]5CC[C@@]4(C)[C@]3(C)CCC2(CCN[C@H](CN(C)C)c2ccccc2)CC1=O. The molecule has 0 heterocycles. The van der Waals surface area contributed by atoms with Crippen molar-refractivity contribution in [3.8, 4) is 0 Å². The number of carboxylic acids is 1. The standard InChI is InChI=1S/C47H72N2O5/c1-30(2)39-34(50)27-47(25-26-48-33(29-49(10)11)31-15-13-12-14-16-31)24-23-45(8)32(40(39)47)17-18-36-44(7)21-20-37(54-38(51)28-42(3,4)41(52)53)43(5,6)35(44)19-22-46(36,45)9/h12-16,30,32-33,35-37,48H,17-29H2,1-11H3,(H,52,53)/t32-,33-,35+,36-,37+,44+,45-,46-,47?/m1/s1. The van der Waals surface area contributed by atoms with Gasteiger partial charge in [0.15, 0.2) is 5.78 Å². The largest absolute Gasteiger partial charge is 0.481 e. The number of esters is 1. The fourth-order valence-corrected chi connectivity index (χ4v) is 13.7. The Balaban J connectivity index is 1.25. The van der Waals surface area contributed by atoms with Gasteiger partial charge in [-0.15, -0.1) is 0 Å². The van der Waals surface area contributed by atoms with Gasteiger partial charge in [-0.05, 0) is 143 Å². The van der Waals surface area contributed by atoms with Gasteiger partial charge in [0.1, 0.15) is 6.10 Å². The molecule has 0 saturated heterocycles. The number of nitrogens with zero attached hydrogens (tertiary/aromatic N) is 1. The third-order valence-electron chi connectivity index (χ3n) is 16.7. The highest BCUT2D eigenvalue weighted by molar-refractivity contribution is 6.00. The van der Waals surface area contributed by atoms with Crippen LogP contribution in [-0.4, -0.2) is 61.0 Å². The van der Waals surface area contributed by atoms with E-state index in [9.17, 15) is 19.5 Å². The second kappa shape index (κ2) is 14.5. The highest BCUT2D eigenvalue weighted by atomic mass is 16.5. The van der Waals surface area contributed by atoms with Crippen LogP contribution in [0.5, 0.6) is 0 Å². The van der Waals surface area contributed by atoms with Crippen LogP contribution in [0.4, 0.5) is 0 Å². The van der Waals surface area contributed by atoms with Gasteiger partial charge in [-0.3, -0.25) is 14.4 Å². The fraction of sp³-hybridized carbons (Fsp3) is 0.766. The summed E-state index contributed by atoms with van der Waals surface area (Å²) in [5.74, 6) is 0.652. The Morgan fingerprint density at radius 2 is 1.61 bits per heavy atom. The molecule has 7 nitrogen and oxygen atoms in total. The minimum atomic E-state index is -1.15. The summed E-state index contributed by atoms with van der Waals surface area (Å²) in [7, 11) is 4.28. The van der Waals surface area contributed by atoms with Gasteiger partial charge in [0.25, 0.3) is 0 Å². The Bertz CT molecular complexity index is 1630. The second-order valence-corrected chi connectivity index (χ2v) is 21.1. The lowest BCUT2D eigenvalue weighted by Crippen LogP contribution is -2.65. The molecule has 5 aliphatic rings. The molecular weight excluding hydrogens is 673 g/mol. The summed E-state index contributed by atoms with van der Waals surface area (Å²) in [6.07, 6.45) is 10.0. The first-order chi connectivity index (χ1) is 25.1. The molecule has 6 rings (SSSR count). The predicted octanol–water partition coefficient (Wildman–Crippen LogP) is 9.66. The zero-order valence-electron chi connectivity index (χ0n) is 35.6. The molecule has 1 aromatic rings. The Morgan fingerprint density at radius 1 is 0.926 bits per heavy atom. The summed E-state index contributed by atoms with van der Waals surface area (Å²) in [6.45, 7) is 21.9. The number of nitrogens with one attached hydrogen (secondary N) is 1. The molecule has 4 saturated carbocycles. The van der Waals surface area contributed by atoms with Crippen LogP contribution in [0.1, 0.15) is 145 Å². The lowest BCUT2D eigenvalue weighted by Gasteiger charge is -2.72. The lowest BCUT2D eigenvalue weighted by atomic mass is 9.33. The third kappa shape index (κ3) is 6.73. The third-order valence-corrected chi connectivity index (χ3v) is 16.7. The van der Waals surface area contributed by atoms with Gasteiger partial charge >= 0.3 is 11.9 Å². The van der Waals surface area contributed by atoms with Crippen molar-refractivity contribution in [1.82, 2.24) is 10.2 Å². The summed E-state index contributed by atoms with van der Waals surface area (Å²) in [5.41, 5.74) is 2.97. The van der Waals surface area contributed by atoms with Crippen LogP contribution in [0.3, 0.4) is 0 Å². The second-order valence-electron chi connectivity index (χ2n) is 21.1. The van der Waals surface area contributed by atoms with Crippen LogP contribution in [0, 0.1) is 56.2 Å². The summed E-state index contributed by atoms with van der Waals surface area (Å²) in [6, 6.07) is 11.0. The zero-order chi connectivity index (χ0) is 39.6. The molecule has 0 radical (unpaired) electrons. The Kier molecular flexibility index (Phi) is 11.0. The Labute approximate surface area is 326 Å². The van der Waals surface area contributed by atoms with Crippen molar-refractivity contribution >= 4 is 17.7 Å². The number of allylic oxidation sites excluding steroid dienone is 2. The molecule has 0 amide bonds. The molecule has 1 unspecified atom stereocenters. The molecule has 9 atom stereocenters. The maximum Gasteiger partial charge on any atom is 0.309 e. The zero-order valence-corrected chi connectivity index (χ0v) is 35.6. The number of ether oxygens (including phenoxy) is 1. The van der Waals surface area contributed by atoms with Crippen LogP contribution >= 0.6 is 0 Å². The van der Waals surface area contributed by atoms with Crippen LogP contribution in [0.15, 0.2) is 41.5 Å². The number of likely N-dealkylation sites (N-methyl/N-ethyl adjacent to an activating group) is 1. The van der Waals surface area contributed by atoms with Gasteiger partial charge < -0.3 is 20.1 Å². The minimum Gasteiger partial charge on any atom is -0.481 e. The number of Topliss-reactive ketones (excluding diaryl/α,β-unsaturated/α-hetero) is 1. The molecule has 7 heteroatoms. The average molecular weight is 745 g/mol. The number of hydrogen-bond donors (Lipinski definition) is 2. The van der Waals surface area contributed by atoms with E-state index in [0.717, 1.165) is 70.0 Å². The van der Waals surface area contributed by atoms with E-state index in [1.165, 1.54) is 12.0 Å². The number of ketones is 1. The number of hydrogen-bond acceptors (Lipinski definition) is 6. The van der Waals surface area contributed by atoms with Gasteiger partial charge in [-0.1, -0.05) is 84.4 Å². The Morgan fingerprint density at radius 3 is 2.24 bits per heavy atom. The van der Waals surface area contributed by atoms with Crippen molar-refractivity contribution in [2.75, 3.05) is 27.2 Å². The highest BCUT2D eigenvalue weighted by Gasteiger charge is 2.70. The van der Waals surface area contributed by atoms with Gasteiger partial charge in [-0.2, -0.15) is 0 Å². The number of carbonyl (C=O) groups excluding carboxylic acids is 2. The topological polar surface area (TPSA) is 95.9 Å². The van der Waals surface area contributed by atoms with Crippen molar-refractivity contribution in [2.45, 2.75) is 145 Å². The van der Waals surface area contributed by atoms with Crippen LogP contribution in [0.2, 0.25) is 0 Å². The average Bonchev–Trinajstić information content (AvgIpc) is 3.38. The molecule has 5 aliphatic carbocycles. The molecule has 300 valence electrons. The van der Waals surface area contributed by atoms with E-state index >= 15 is 0 Å². The number of rotatable bonds is 12. The van der Waals surface area contributed by atoms with Crippen molar-refractivity contribution in [2.24, 2.45) is 56.2 Å². The molecule has 54 heavy (non-hydrogen) atoms. The van der Waals surface area contributed by atoms with Crippen molar-refractivity contribution in [3.63, 3.8) is 0 Å². The van der Waals surface area contributed by atoms with Crippen molar-refractivity contribution in [1.29, 1.82) is 0 Å². The number of carbonyl (C=O) groups is 3. The maximum atomic E-state index is 14.2. The van der Waals surface area contributed by atoms with Gasteiger partial charge in [0.2, 0.25) is 0 Å². The minimum absolute atomic E-state index is 0.0589. The molecule has 4 fully saturated rings. The van der Waals surface area contributed by atoms with E-state index < -0.39 is 17.4 Å². The molecular formula is C47H72N2O5. The normalized spacial score (nSPS) is 36.6. The van der Waals surface area contributed by atoms with Gasteiger partial charge in [0.05, 0.1) is 11.8 Å². The van der Waals surface area contributed by atoms with E-state index in [1.54, 1.807) is 19.4 Å². The number of benzene rings is 1. The van der Waals surface area contributed by atoms with Gasteiger partial charge in [-0.25, -0.2) is 0 Å². The van der Waals surface area contributed by atoms with E-state index in [2.05, 4.69) is 103 Å². The molecule has 0 spiro atoms. The fourth-order valence-electron chi connectivity index (χ4n) is 13.7. The van der Waals surface area contributed by atoms with E-state index in [0.29, 0.717) is 30.0 Å². The van der Waals surface area contributed by atoms with E-state index in [-0.39, 0.29) is 51.6 Å². The molecule has 2 N–H and O–H groups in total. The monoisotopic (exact) mass is 745 g/mol. The molecule has 0 aromatic heterocycles.